The molecule has 0 atom stereocenters. The average molecular weight is 258 g/mol. The number of alkyl halides is 1. The number of amides is 1. The van der Waals surface area contributed by atoms with Crippen LogP contribution >= 0.6 is 15.9 Å². The van der Waals surface area contributed by atoms with Gasteiger partial charge in [-0.1, -0.05) is 28.1 Å². The van der Waals surface area contributed by atoms with Gasteiger partial charge in [0.15, 0.2) is 0 Å². The Hall–Kier alpha value is -1.36. The summed E-state index contributed by atoms with van der Waals surface area (Å²) >= 11 is 3.27. The van der Waals surface area contributed by atoms with Crippen LogP contribution in [-0.4, -0.2) is 17.0 Å². The number of carbonyl (C=O) groups excluding carboxylic acids is 1. The first kappa shape index (κ1) is 10.7. The average Bonchev–Trinajstić information content (AvgIpc) is 2.19. The number of benzene rings is 1. The van der Waals surface area contributed by atoms with Gasteiger partial charge in [-0.15, -0.1) is 0 Å². The van der Waals surface area contributed by atoms with Crippen molar-refractivity contribution in [1.82, 2.24) is 0 Å². The van der Waals surface area contributed by atoms with Gasteiger partial charge >= 0.3 is 11.9 Å². The zero-order valence-electron chi connectivity index (χ0n) is 7.16. The standard InChI is InChI=1S/C9H8BrNO3/c10-5-6-1-3-7(4-2-6)11-8(12)9(13)14/h1-4H,5H2,(H,11,12)(H,13,14). The fraction of sp³-hybridized carbons (Fsp3) is 0.111. The van der Waals surface area contributed by atoms with Gasteiger partial charge in [-0.3, -0.25) is 4.79 Å². The monoisotopic (exact) mass is 257 g/mol. The first-order valence-corrected chi connectivity index (χ1v) is 4.95. The molecule has 1 aromatic carbocycles. The Labute approximate surface area is 89.1 Å². The number of halogens is 1. The summed E-state index contributed by atoms with van der Waals surface area (Å²) in [4.78, 5) is 21.0. The minimum Gasteiger partial charge on any atom is -0.474 e. The van der Waals surface area contributed by atoms with Crippen LogP contribution in [0.5, 0.6) is 0 Å². The van der Waals surface area contributed by atoms with E-state index in [-0.39, 0.29) is 0 Å². The predicted molar refractivity (Wildman–Crippen MR) is 55.3 cm³/mol. The molecule has 5 heteroatoms. The van der Waals surface area contributed by atoms with Crippen molar-refractivity contribution < 1.29 is 14.7 Å². The van der Waals surface area contributed by atoms with Gasteiger partial charge in [-0.25, -0.2) is 4.79 Å². The number of anilines is 1. The van der Waals surface area contributed by atoms with E-state index in [0.29, 0.717) is 5.69 Å². The van der Waals surface area contributed by atoms with Crippen LogP contribution in [0.25, 0.3) is 0 Å². The summed E-state index contributed by atoms with van der Waals surface area (Å²) < 4.78 is 0. The maximum atomic E-state index is 10.7. The smallest absolute Gasteiger partial charge is 0.394 e. The molecule has 0 fully saturated rings. The molecule has 1 rings (SSSR count). The second kappa shape index (κ2) is 4.76. The van der Waals surface area contributed by atoms with Crippen molar-refractivity contribution >= 4 is 33.5 Å². The van der Waals surface area contributed by atoms with Crippen LogP contribution in [0.15, 0.2) is 24.3 Å². The second-order valence-electron chi connectivity index (χ2n) is 2.59. The van der Waals surface area contributed by atoms with E-state index in [0.717, 1.165) is 10.9 Å². The van der Waals surface area contributed by atoms with E-state index in [9.17, 15) is 9.59 Å². The Morgan fingerprint density at radius 2 is 1.86 bits per heavy atom. The Balaban J connectivity index is 2.69. The van der Waals surface area contributed by atoms with Gasteiger partial charge < -0.3 is 10.4 Å². The van der Waals surface area contributed by atoms with Crippen molar-refractivity contribution in [3.63, 3.8) is 0 Å². The van der Waals surface area contributed by atoms with Gasteiger partial charge in [0.25, 0.3) is 0 Å². The number of carboxylic acid groups (broad SMARTS) is 1. The number of carboxylic acids is 1. The topological polar surface area (TPSA) is 66.4 Å². The van der Waals surface area contributed by atoms with E-state index in [2.05, 4.69) is 21.2 Å². The molecule has 0 aromatic heterocycles. The molecular formula is C9H8BrNO3. The molecule has 1 amide bonds. The van der Waals surface area contributed by atoms with Crippen LogP contribution in [0.2, 0.25) is 0 Å². The van der Waals surface area contributed by atoms with E-state index in [4.69, 9.17) is 5.11 Å². The lowest BCUT2D eigenvalue weighted by Gasteiger charge is -2.02. The summed E-state index contributed by atoms with van der Waals surface area (Å²) in [6, 6.07) is 6.90. The molecular weight excluding hydrogens is 250 g/mol. The number of rotatable bonds is 2. The molecule has 2 N–H and O–H groups in total. The maximum absolute atomic E-state index is 10.7. The van der Waals surface area contributed by atoms with Gasteiger partial charge in [0, 0.05) is 11.0 Å². The fourth-order valence-corrected chi connectivity index (χ4v) is 1.24. The normalized spacial score (nSPS) is 9.50. The highest BCUT2D eigenvalue weighted by molar-refractivity contribution is 9.08. The minimum atomic E-state index is -1.49. The van der Waals surface area contributed by atoms with E-state index >= 15 is 0 Å². The largest absolute Gasteiger partial charge is 0.474 e. The number of nitrogens with one attached hydrogen (secondary N) is 1. The number of aliphatic carboxylic acids is 1. The zero-order chi connectivity index (χ0) is 10.6. The van der Waals surface area contributed by atoms with E-state index in [1.165, 1.54) is 0 Å². The molecule has 0 aliphatic carbocycles. The van der Waals surface area contributed by atoms with Crippen LogP contribution in [0.4, 0.5) is 5.69 Å². The molecule has 0 spiro atoms. The first-order valence-electron chi connectivity index (χ1n) is 3.82. The summed E-state index contributed by atoms with van der Waals surface area (Å²) in [5.41, 5.74) is 1.53. The zero-order valence-corrected chi connectivity index (χ0v) is 8.74. The van der Waals surface area contributed by atoms with Crippen molar-refractivity contribution in [3.8, 4) is 0 Å². The summed E-state index contributed by atoms with van der Waals surface area (Å²) in [7, 11) is 0. The SMILES string of the molecule is O=C(O)C(=O)Nc1ccc(CBr)cc1. The molecule has 0 aliphatic heterocycles. The maximum Gasteiger partial charge on any atom is 0.394 e. The second-order valence-corrected chi connectivity index (χ2v) is 3.15. The molecule has 0 bridgehead atoms. The molecule has 0 radical (unpaired) electrons. The third-order valence-corrected chi connectivity index (χ3v) is 2.21. The van der Waals surface area contributed by atoms with Crippen LogP contribution in [0.3, 0.4) is 0 Å². The molecule has 1 aromatic rings. The highest BCUT2D eigenvalue weighted by Gasteiger charge is 2.10. The molecule has 0 saturated heterocycles. The number of hydrogen-bond donors (Lipinski definition) is 2. The molecule has 0 aliphatic rings. The Morgan fingerprint density at radius 3 is 2.29 bits per heavy atom. The fourth-order valence-electron chi connectivity index (χ4n) is 0.862. The van der Waals surface area contributed by atoms with Gasteiger partial charge in [0.05, 0.1) is 0 Å². The Bertz CT molecular complexity index is 348. The van der Waals surface area contributed by atoms with Crippen LogP contribution in [0, 0.1) is 0 Å². The van der Waals surface area contributed by atoms with Crippen molar-refractivity contribution in [2.45, 2.75) is 5.33 Å². The lowest BCUT2D eigenvalue weighted by atomic mass is 10.2. The van der Waals surface area contributed by atoms with Gasteiger partial charge in [-0.2, -0.15) is 0 Å². The lowest BCUT2D eigenvalue weighted by Crippen LogP contribution is -2.21. The molecule has 74 valence electrons. The Morgan fingerprint density at radius 1 is 1.29 bits per heavy atom. The van der Waals surface area contributed by atoms with Crippen molar-refractivity contribution in [2.75, 3.05) is 5.32 Å². The van der Waals surface area contributed by atoms with Crippen LogP contribution < -0.4 is 5.32 Å². The highest BCUT2D eigenvalue weighted by atomic mass is 79.9. The molecule has 0 saturated carbocycles. The van der Waals surface area contributed by atoms with Gasteiger partial charge in [0.2, 0.25) is 0 Å². The highest BCUT2D eigenvalue weighted by Crippen LogP contribution is 2.11. The lowest BCUT2D eigenvalue weighted by molar-refractivity contribution is -0.147. The quantitative estimate of drug-likeness (QED) is 0.625. The summed E-state index contributed by atoms with van der Waals surface area (Å²) in [6.07, 6.45) is 0. The van der Waals surface area contributed by atoms with Gasteiger partial charge in [-0.05, 0) is 17.7 Å². The third-order valence-electron chi connectivity index (χ3n) is 1.56. The third kappa shape index (κ3) is 2.85. The Kier molecular flexibility index (Phi) is 3.64. The first-order chi connectivity index (χ1) is 6.63. The van der Waals surface area contributed by atoms with E-state index < -0.39 is 11.9 Å². The summed E-state index contributed by atoms with van der Waals surface area (Å²) in [5, 5.41) is 11.3. The van der Waals surface area contributed by atoms with Crippen molar-refractivity contribution in [2.24, 2.45) is 0 Å². The summed E-state index contributed by atoms with van der Waals surface area (Å²) in [5.74, 6) is -2.52. The van der Waals surface area contributed by atoms with Gasteiger partial charge in [0.1, 0.15) is 0 Å². The minimum absolute atomic E-state index is 0.474. The number of hydrogen-bond acceptors (Lipinski definition) is 2. The summed E-state index contributed by atoms with van der Waals surface area (Å²) in [6.45, 7) is 0. The van der Waals surface area contributed by atoms with E-state index in [1.807, 2.05) is 0 Å². The number of carbonyl (C=O) groups is 2. The van der Waals surface area contributed by atoms with Crippen molar-refractivity contribution in [3.05, 3.63) is 29.8 Å². The van der Waals surface area contributed by atoms with E-state index in [1.54, 1.807) is 24.3 Å². The van der Waals surface area contributed by atoms with Crippen LogP contribution in [-0.2, 0) is 14.9 Å². The molecule has 0 unspecified atom stereocenters. The predicted octanol–water partition coefficient (Wildman–Crippen LogP) is 1.60. The molecule has 0 heterocycles. The molecule has 4 nitrogen and oxygen atoms in total. The van der Waals surface area contributed by atoms with Crippen molar-refractivity contribution in [1.29, 1.82) is 0 Å². The molecule has 14 heavy (non-hydrogen) atoms. The van der Waals surface area contributed by atoms with Crippen LogP contribution in [0.1, 0.15) is 5.56 Å².